The van der Waals surface area contributed by atoms with E-state index in [1.807, 2.05) is 42.5 Å². The Hall–Kier alpha value is -3.82. The summed E-state index contributed by atoms with van der Waals surface area (Å²) >= 11 is 0. The average molecular weight is 396 g/mol. The number of fused-ring (bicyclic) bond motifs is 1. The number of aliphatic imine (C=N–C) groups is 1. The Morgan fingerprint density at radius 2 is 1.93 bits per heavy atom. The van der Waals surface area contributed by atoms with Gasteiger partial charge in [-0.3, -0.25) is 15.7 Å². The van der Waals surface area contributed by atoms with Crippen LogP contribution in [0.1, 0.15) is 34.4 Å². The number of benzene rings is 2. The number of hydrogen-bond acceptors (Lipinski definition) is 5. The van der Waals surface area contributed by atoms with Crippen molar-refractivity contribution in [3.63, 3.8) is 0 Å². The van der Waals surface area contributed by atoms with Gasteiger partial charge in [-0.25, -0.2) is 4.98 Å². The Balaban J connectivity index is 1.49. The first-order valence-electron chi connectivity index (χ1n) is 9.82. The van der Waals surface area contributed by atoms with Gasteiger partial charge < -0.3 is 8.98 Å². The average Bonchev–Trinajstić information content (AvgIpc) is 3.44. The number of rotatable bonds is 6. The maximum Gasteiger partial charge on any atom is 0.154 e. The molecule has 1 aliphatic rings. The van der Waals surface area contributed by atoms with Crippen LogP contribution in [0.2, 0.25) is 0 Å². The van der Waals surface area contributed by atoms with Gasteiger partial charge in [-0.1, -0.05) is 42.5 Å². The number of imidazole rings is 1. The van der Waals surface area contributed by atoms with Gasteiger partial charge in [0, 0.05) is 18.7 Å². The molecule has 3 heterocycles. The largest absolute Gasteiger partial charge is 0.411 e. The molecule has 1 aliphatic heterocycles. The molecular weight excluding hydrogens is 376 g/mol. The van der Waals surface area contributed by atoms with Crippen molar-refractivity contribution < 1.29 is 9.62 Å². The van der Waals surface area contributed by atoms with Crippen LogP contribution < -0.4 is 5.48 Å². The standard InChI is InChI=1S/C24H20N4O2/c29-27-19-10-8-18(9-11-19)23-16-28-15-20(14-21-7-4-12-30-21)25-24(28)22(26-23)13-17-5-2-1-3-6-17/h1-3,5-11,15,23,27,29H,13-14,16H2. The zero-order valence-corrected chi connectivity index (χ0v) is 16.2. The molecular formula is C24H20N4O2. The zero-order valence-electron chi connectivity index (χ0n) is 16.2. The lowest BCUT2D eigenvalue weighted by molar-refractivity contribution is 0.389. The fourth-order valence-electron chi connectivity index (χ4n) is 3.77. The summed E-state index contributed by atoms with van der Waals surface area (Å²) in [5.74, 6) is 1.69. The first kappa shape index (κ1) is 18.2. The second-order valence-electron chi connectivity index (χ2n) is 7.33. The molecule has 6 heteroatoms. The van der Waals surface area contributed by atoms with Gasteiger partial charge in [0.1, 0.15) is 12.0 Å². The molecule has 6 nitrogen and oxygen atoms in total. The summed E-state index contributed by atoms with van der Waals surface area (Å²) in [5, 5.41) is 9.08. The van der Waals surface area contributed by atoms with Crippen molar-refractivity contribution in [3.05, 3.63) is 108 Å². The SMILES string of the molecule is ONc1ccc(C2Cn3cc(Cc4cc#co4)nc3C(Cc3ccccc3)=N2)cc1. The summed E-state index contributed by atoms with van der Waals surface area (Å²) in [7, 11) is 0. The van der Waals surface area contributed by atoms with Crippen molar-refractivity contribution in [2.75, 3.05) is 5.48 Å². The number of aromatic nitrogens is 2. The van der Waals surface area contributed by atoms with Gasteiger partial charge in [0.05, 0.1) is 36.1 Å². The van der Waals surface area contributed by atoms with E-state index in [1.54, 1.807) is 6.07 Å². The zero-order chi connectivity index (χ0) is 20.3. The number of nitrogens with one attached hydrogen (secondary N) is 1. The molecule has 1 unspecified atom stereocenters. The quantitative estimate of drug-likeness (QED) is 0.478. The Morgan fingerprint density at radius 1 is 1.10 bits per heavy atom. The predicted molar refractivity (Wildman–Crippen MR) is 113 cm³/mol. The molecule has 0 saturated heterocycles. The van der Waals surface area contributed by atoms with Gasteiger partial charge in [-0.15, -0.1) is 0 Å². The summed E-state index contributed by atoms with van der Waals surface area (Å²) in [6.45, 7) is 0.711. The molecule has 5 rings (SSSR count). The Labute approximate surface area is 174 Å². The third kappa shape index (κ3) is 3.71. The van der Waals surface area contributed by atoms with E-state index >= 15 is 0 Å². The van der Waals surface area contributed by atoms with Crippen LogP contribution in [0.4, 0.5) is 5.69 Å². The summed E-state index contributed by atoms with van der Waals surface area (Å²) < 4.78 is 7.50. The molecule has 0 spiro atoms. The van der Waals surface area contributed by atoms with Crippen LogP contribution in [-0.2, 0) is 19.4 Å². The molecule has 2 aromatic carbocycles. The van der Waals surface area contributed by atoms with Gasteiger partial charge in [0.25, 0.3) is 0 Å². The minimum absolute atomic E-state index is 0.0173. The van der Waals surface area contributed by atoms with Gasteiger partial charge in [0.2, 0.25) is 0 Å². The number of hydrogen-bond donors (Lipinski definition) is 2. The van der Waals surface area contributed by atoms with Crippen molar-refractivity contribution >= 4 is 11.4 Å². The van der Waals surface area contributed by atoms with E-state index in [1.165, 1.54) is 5.56 Å². The topological polar surface area (TPSA) is 75.6 Å². The number of anilines is 1. The van der Waals surface area contributed by atoms with Gasteiger partial charge in [0.15, 0.2) is 5.82 Å². The van der Waals surface area contributed by atoms with Crippen molar-refractivity contribution in [1.82, 2.24) is 9.55 Å². The molecule has 2 aromatic heterocycles. The van der Waals surface area contributed by atoms with E-state index in [2.05, 4.69) is 40.7 Å². The fraction of sp³-hybridized carbons (Fsp3) is 0.167. The van der Waals surface area contributed by atoms with Crippen LogP contribution in [0.5, 0.6) is 0 Å². The van der Waals surface area contributed by atoms with Gasteiger partial charge in [-0.2, -0.15) is 0 Å². The van der Waals surface area contributed by atoms with E-state index in [4.69, 9.17) is 19.6 Å². The first-order chi connectivity index (χ1) is 14.8. The van der Waals surface area contributed by atoms with Crippen LogP contribution in [-0.4, -0.2) is 20.5 Å². The molecule has 0 bridgehead atoms. The third-order valence-electron chi connectivity index (χ3n) is 5.23. The molecule has 30 heavy (non-hydrogen) atoms. The maximum atomic E-state index is 9.08. The van der Waals surface area contributed by atoms with Crippen molar-refractivity contribution in [2.24, 2.45) is 4.99 Å². The Bertz CT molecular complexity index is 1150. The monoisotopic (exact) mass is 396 g/mol. The summed E-state index contributed by atoms with van der Waals surface area (Å²) in [6, 6.07) is 22.6. The van der Waals surface area contributed by atoms with Crippen molar-refractivity contribution in [1.29, 1.82) is 0 Å². The van der Waals surface area contributed by atoms with Crippen LogP contribution in [0, 0.1) is 12.3 Å². The molecule has 2 N–H and O–H groups in total. The van der Waals surface area contributed by atoms with Gasteiger partial charge in [-0.05, 0) is 29.3 Å². The number of nitrogens with zero attached hydrogens (tertiary/aromatic N) is 3. The molecule has 1 atom stereocenters. The Kier molecular flexibility index (Phi) is 4.80. The third-order valence-corrected chi connectivity index (χ3v) is 5.23. The molecule has 0 fully saturated rings. The van der Waals surface area contributed by atoms with E-state index in [-0.39, 0.29) is 6.04 Å². The van der Waals surface area contributed by atoms with E-state index in [0.717, 1.165) is 28.6 Å². The van der Waals surface area contributed by atoms with Crippen LogP contribution >= 0.6 is 0 Å². The minimum Gasteiger partial charge on any atom is -0.411 e. The molecule has 148 valence electrons. The van der Waals surface area contributed by atoms with Crippen LogP contribution in [0.3, 0.4) is 0 Å². The molecule has 0 saturated carbocycles. The smallest absolute Gasteiger partial charge is 0.154 e. The highest BCUT2D eigenvalue weighted by Crippen LogP contribution is 2.28. The summed E-state index contributed by atoms with van der Waals surface area (Å²) in [6.07, 6.45) is 6.00. The van der Waals surface area contributed by atoms with E-state index in [9.17, 15) is 0 Å². The molecule has 0 amide bonds. The lowest BCUT2D eigenvalue weighted by Gasteiger charge is -2.23. The second kappa shape index (κ2) is 7.90. The fourth-order valence-corrected chi connectivity index (χ4v) is 3.77. The van der Waals surface area contributed by atoms with Crippen LogP contribution in [0.25, 0.3) is 0 Å². The second-order valence-corrected chi connectivity index (χ2v) is 7.33. The van der Waals surface area contributed by atoms with Crippen LogP contribution in [0.15, 0.2) is 76.3 Å². The lowest BCUT2D eigenvalue weighted by Crippen LogP contribution is -2.23. The van der Waals surface area contributed by atoms with E-state index < -0.39 is 0 Å². The lowest BCUT2D eigenvalue weighted by atomic mass is 10.0. The van der Waals surface area contributed by atoms with Gasteiger partial charge >= 0.3 is 0 Å². The molecule has 0 aliphatic carbocycles. The highest BCUT2D eigenvalue weighted by Gasteiger charge is 2.25. The highest BCUT2D eigenvalue weighted by atomic mass is 16.5. The summed E-state index contributed by atoms with van der Waals surface area (Å²) in [4.78, 5) is 9.93. The predicted octanol–water partition coefficient (Wildman–Crippen LogP) is 4.26. The first-order valence-corrected chi connectivity index (χ1v) is 9.82. The van der Waals surface area contributed by atoms with Crippen molar-refractivity contribution in [2.45, 2.75) is 25.4 Å². The Morgan fingerprint density at radius 3 is 2.67 bits per heavy atom. The van der Waals surface area contributed by atoms with E-state index in [0.29, 0.717) is 25.1 Å². The normalized spacial score (nSPS) is 15.2. The molecule has 0 radical (unpaired) electrons. The molecule has 4 aromatic rings. The minimum atomic E-state index is -0.0173. The summed E-state index contributed by atoms with van der Waals surface area (Å²) in [5.41, 5.74) is 7.01. The maximum absolute atomic E-state index is 9.08. The van der Waals surface area contributed by atoms with Crippen molar-refractivity contribution in [3.8, 4) is 0 Å². The highest BCUT2D eigenvalue weighted by molar-refractivity contribution is 5.99.